The first-order valence-electron chi connectivity index (χ1n) is 5.41. The van der Waals surface area contributed by atoms with Gasteiger partial charge in [0.2, 0.25) is 0 Å². The summed E-state index contributed by atoms with van der Waals surface area (Å²) >= 11 is 0. The lowest BCUT2D eigenvalue weighted by Gasteiger charge is -2.17. The van der Waals surface area contributed by atoms with Crippen molar-refractivity contribution in [3.05, 3.63) is 0 Å². The van der Waals surface area contributed by atoms with Crippen LogP contribution in [0.5, 0.6) is 0 Å². The Kier molecular flexibility index (Phi) is 7.39. The first-order chi connectivity index (χ1) is 6.48. The number of rotatable bonds is 8. The lowest BCUT2D eigenvalue weighted by Crippen LogP contribution is -2.53. The Labute approximate surface area is 87.1 Å². The second-order valence-corrected chi connectivity index (χ2v) is 5.97. The van der Waals surface area contributed by atoms with Crippen LogP contribution in [0.3, 0.4) is 0 Å². The van der Waals surface area contributed by atoms with Gasteiger partial charge in [0.25, 0.3) is 0 Å². The molecular formula is C9H23NO3Si. The zero-order chi connectivity index (χ0) is 11.0. The highest BCUT2D eigenvalue weighted by molar-refractivity contribution is 6.58. The van der Waals surface area contributed by atoms with Gasteiger partial charge in [0, 0.05) is 0 Å². The number of hydrogen-bond donors (Lipinski definition) is 4. The third-order valence-electron chi connectivity index (χ3n) is 2.37. The van der Waals surface area contributed by atoms with Gasteiger partial charge in [-0.05, 0) is 6.42 Å². The van der Waals surface area contributed by atoms with E-state index in [-0.39, 0.29) is 0 Å². The fourth-order valence-electron chi connectivity index (χ4n) is 1.34. The van der Waals surface area contributed by atoms with Gasteiger partial charge in [-0.25, -0.2) is 0 Å². The van der Waals surface area contributed by atoms with Crippen LogP contribution < -0.4 is 5.73 Å². The summed E-state index contributed by atoms with van der Waals surface area (Å²) in [5, 5.41) is 0. The van der Waals surface area contributed by atoms with Gasteiger partial charge in [-0.3, -0.25) is 0 Å². The molecule has 5 N–H and O–H groups in total. The molecule has 1 atom stereocenters. The minimum absolute atomic E-state index is 0.502. The number of nitrogens with two attached hydrogens (primary N) is 1. The minimum atomic E-state index is -4.06. The number of unbranched alkanes of at least 4 members (excludes halogenated alkanes) is 5. The van der Waals surface area contributed by atoms with Crippen LogP contribution in [-0.2, 0) is 0 Å². The lowest BCUT2D eigenvalue weighted by molar-refractivity contribution is 0.208. The Morgan fingerprint density at radius 1 is 1.00 bits per heavy atom. The van der Waals surface area contributed by atoms with Crippen LogP contribution in [0.1, 0.15) is 51.9 Å². The molecule has 0 spiro atoms. The zero-order valence-electron chi connectivity index (χ0n) is 8.95. The molecule has 5 heteroatoms. The van der Waals surface area contributed by atoms with Crippen LogP contribution in [0, 0.1) is 0 Å². The van der Waals surface area contributed by atoms with Gasteiger partial charge in [-0.1, -0.05) is 45.4 Å². The normalized spacial score (nSPS) is 14.4. The predicted octanol–water partition coefficient (Wildman–Crippen LogP) is 0.519. The summed E-state index contributed by atoms with van der Waals surface area (Å²) in [6, 6.07) is 0. The summed E-state index contributed by atoms with van der Waals surface area (Å²) in [6.07, 6.45) is 7.29. The van der Waals surface area contributed by atoms with Crippen molar-refractivity contribution in [3.8, 4) is 0 Å². The van der Waals surface area contributed by atoms with E-state index in [0.717, 1.165) is 19.3 Å². The van der Waals surface area contributed by atoms with Crippen molar-refractivity contribution >= 4 is 8.80 Å². The fraction of sp³-hybridized carbons (Fsp3) is 1.00. The van der Waals surface area contributed by atoms with Crippen molar-refractivity contribution in [3.63, 3.8) is 0 Å². The molecule has 1 unspecified atom stereocenters. The van der Waals surface area contributed by atoms with Crippen LogP contribution in [0.2, 0.25) is 0 Å². The van der Waals surface area contributed by atoms with Gasteiger partial charge in [0.1, 0.15) is 0 Å². The second-order valence-electron chi connectivity index (χ2n) is 3.85. The average Bonchev–Trinajstić information content (AvgIpc) is 2.09. The molecule has 86 valence electrons. The first-order valence-corrected chi connectivity index (χ1v) is 7.33. The number of hydrogen-bond acceptors (Lipinski definition) is 4. The van der Waals surface area contributed by atoms with Gasteiger partial charge in [0.05, 0.1) is 5.67 Å². The molecule has 0 amide bonds. The van der Waals surface area contributed by atoms with Gasteiger partial charge in [-0.15, -0.1) is 0 Å². The van der Waals surface area contributed by atoms with Gasteiger partial charge in [0.15, 0.2) is 0 Å². The molecule has 0 aromatic carbocycles. The molecular weight excluding hydrogens is 198 g/mol. The predicted molar refractivity (Wildman–Crippen MR) is 58.4 cm³/mol. The first kappa shape index (κ1) is 14.1. The van der Waals surface area contributed by atoms with Gasteiger partial charge < -0.3 is 20.1 Å². The highest BCUT2D eigenvalue weighted by atomic mass is 28.4. The third-order valence-corrected chi connectivity index (χ3v) is 3.65. The van der Waals surface area contributed by atoms with E-state index in [1.54, 1.807) is 0 Å². The van der Waals surface area contributed by atoms with Crippen molar-refractivity contribution in [2.75, 3.05) is 0 Å². The molecule has 0 aliphatic carbocycles. The molecule has 0 aromatic heterocycles. The Bertz CT molecular complexity index is 139. The molecule has 4 nitrogen and oxygen atoms in total. The van der Waals surface area contributed by atoms with E-state index in [9.17, 15) is 0 Å². The molecule has 0 rings (SSSR count). The molecule has 0 fully saturated rings. The molecule has 0 aliphatic heterocycles. The standard InChI is InChI=1S/C9H23NO3Si/c1-2-3-4-5-6-7-8-9(10)14(11,12)13/h9,11-13H,2-8,10H2,1H3. The van der Waals surface area contributed by atoms with E-state index in [4.69, 9.17) is 20.1 Å². The van der Waals surface area contributed by atoms with E-state index in [2.05, 4.69) is 6.92 Å². The van der Waals surface area contributed by atoms with E-state index in [0.29, 0.717) is 6.42 Å². The maximum absolute atomic E-state index is 8.85. The topological polar surface area (TPSA) is 86.7 Å². The summed E-state index contributed by atoms with van der Waals surface area (Å²) in [7, 11) is -4.06. The summed E-state index contributed by atoms with van der Waals surface area (Å²) in [5.74, 6) is 0. The fourth-order valence-corrected chi connectivity index (χ4v) is 1.93. The smallest absolute Gasteiger partial charge is 0.389 e. The van der Waals surface area contributed by atoms with E-state index < -0.39 is 14.5 Å². The Balaban J connectivity index is 3.28. The maximum atomic E-state index is 8.85. The van der Waals surface area contributed by atoms with Crippen LogP contribution in [0.15, 0.2) is 0 Å². The minimum Gasteiger partial charge on any atom is -0.389 e. The van der Waals surface area contributed by atoms with Crippen molar-refractivity contribution in [1.29, 1.82) is 0 Å². The van der Waals surface area contributed by atoms with E-state index >= 15 is 0 Å². The lowest BCUT2D eigenvalue weighted by atomic mass is 10.1. The van der Waals surface area contributed by atoms with Gasteiger partial charge in [-0.2, -0.15) is 0 Å². The van der Waals surface area contributed by atoms with Crippen LogP contribution in [0.25, 0.3) is 0 Å². The Morgan fingerprint density at radius 3 is 2.00 bits per heavy atom. The Morgan fingerprint density at radius 2 is 1.50 bits per heavy atom. The maximum Gasteiger partial charge on any atom is 0.510 e. The van der Waals surface area contributed by atoms with Crippen molar-refractivity contribution in [2.45, 2.75) is 57.5 Å². The van der Waals surface area contributed by atoms with Gasteiger partial charge >= 0.3 is 8.80 Å². The van der Waals surface area contributed by atoms with Crippen molar-refractivity contribution < 1.29 is 14.4 Å². The molecule has 0 aliphatic rings. The summed E-state index contributed by atoms with van der Waals surface area (Å²) in [5.41, 5.74) is 4.58. The summed E-state index contributed by atoms with van der Waals surface area (Å²) < 4.78 is 0. The van der Waals surface area contributed by atoms with Crippen molar-refractivity contribution in [1.82, 2.24) is 0 Å². The molecule has 0 bridgehead atoms. The Hall–Kier alpha value is 0.0569. The molecule has 0 saturated heterocycles. The molecule has 14 heavy (non-hydrogen) atoms. The van der Waals surface area contributed by atoms with Crippen LogP contribution >= 0.6 is 0 Å². The third kappa shape index (κ3) is 7.46. The molecule has 0 radical (unpaired) electrons. The molecule has 0 saturated carbocycles. The average molecular weight is 221 g/mol. The highest BCUT2D eigenvalue weighted by Crippen LogP contribution is 2.09. The summed E-state index contributed by atoms with van der Waals surface area (Å²) in [6.45, 7) is 2.17. The monoisotopic (exact) mass is 221 g/mol. The van der Waals surface area contributed by atoms with Crippen molar-refractivity contribution in [2.24, 2.45) is 5.73 Å². The molecule has 0 aromatic rings. The van der Waals surface area contributed by atoms with Crippen LogP contribution in [-0.4, -0.2) is 28.9 Å². The quantitative estimate of drug-likeness (QED) is 0.355. The molecule has 0 heterocycles. The summed E-state index contributed by atoms with van der Waals surface area (Å²) in [4.78, 5) is 26.6. The van der Waals surface area contributed by atoms with E-state index in [1.165, 1.54) is 19.3 Å². The van der Waals surface area contributed by atoms with E-state index in [1.807, 2.05) is 0 Å². The zero-order valence-corrected chi connectivity index (χ0v) is 9.95. The SMILES string of the molecule is CCCCCCCCC(N)[Si](O)(O)O. The largest absolute Gasteiger partial charge is 0.510 e. The van der Waals surface area contributed by atoms with Crippen LogP contribution in [0.4, 0.5) is 0 Å². The second kappa shape index (κ2) is 7.36. The highest BCUT2D eigenvalue weighted by Gasteiger charge is 2.35.